The summed E-state index contributed by atoms with van der Waals surface area (Å²) in [4.78, 5) is 18.8. The Bertz CT molecular complexity index is 1070. The summed E-state index contributed by atoms with van der Waals surface area (Å²) < 4.78 is 1.58. The zero-order valence-electron chi connectivity index (χ0n) is 13.5. The Morgan fingerprint density at radius 1 is 1.08 bits per heavy atom. The van der Waals surface area contributed by atoms with Crippen LogP contribution in [0.4, 0.5) is 5.95 Å². The fourth-order valence-electron chi connectivity index (χ4n) is 3.28. The molecule has 2 aromatic carbocycles. The highest BCUT2D eigenvalue weighted by molar-refractivity contribution is 6.07. The summed E-state index contributed by atoms with van der Waals surface area (Å²) in [7, 11) is 0. The number of aryl methyl sites for hydroxylation is 2. The van der Waals surface area contributed by atoms with Gasteiger partial charge in [-0.15, -0.1) is 0 Å². The number of benzene rings is 2. The molecule has 0 atom stereocenters. The Kier molecular flexibility index (Phi) is 3.85. The van der Waals surface area contributed by atoms with E-state index in [-0.39, 0.29) is 5.95 Å². The van der Waals surface area contributed by atoms with Crippen molar-refractivity contribution >= 4 is 27.6 Å². The summed E-state index contributed by atoms with van der Waals surface area (Å²) in [6.07, 6.45) is 6.63. The number of hydrogen-bond donors (Lipinski definition) is 0. The topological polar surface area (TPSA) is 73.8 Å². The van der Waals surface area contributed by atoms with Gasteiger partial charge in [0.2, 0.25) is 0 Å². The zero-order chi connectivity index (χ0) is 17.2. The van der Waals surface area contributed by atoms with E-state index in [1.54, 1.807) is 10.8 Å². The largest absolute Gasteiger partial charge is 0.434 e. The summed E-state index contributed by atoms with van der Waals surface area (Å²) in [5, 5.41) is 14.4. The molecule has 25 heavy (non-hydrogen) atoms. The number of pyridine rings is 1. The molecule has 0 fully saturated rings. The van der Waals surface area contributed by atoms with Crippen LogP contribution in [0.5, 0.6) is 0 Å². The molecule has 4 rings (SSSR count). The Morgan fingerprint density at radius 2 is 1.96 bits per heavy atom. The average Bonchev–Trinajstić information content (AvgIpc) is 3.10. The molecule has 0 bridgehead atoms. The van der Waals surface area contributed by atoms with Gasteiger partial charge in [-0.25, -0.2) is 4.57 Å². The number of nitrogens with zero attached hydrogens (tertiary/aromatic N) is 4. The van der Waals surface area contributed by atoms with Crippen LogP contribution in [0.2, 0.25) is 0 Å². The lowest BCUT2D eigenvalue weighted by atomic mass is 9.99. The van der Waals surface area contributed by atoms with Crippen LogP contribution < -0.4 is 0 Å². The van der Waals surface area contributed by atoms with Crippen LogP contribution in [0.3, 0.4) is 0 Å². The van der Waals surface area contributed by atoms with Gasteiger partial charge in [-0.2, -0.15) is 0 Å². The van der Waals surface area contributed by atoms with E-state index in [4.69, 9.17) is 0 Å². The molecule has 0 N–H and O–H groups in total. The summed E-state index contributed by atoms with van der Waals surface area (Å²) >= 11 is 0. The van der Waals surface area contributed by atoms with Gasteiger partial charge in [-0.05, 0) is 34.8 Å². The molecule has 0 aliphatic heterocycles. The Morgan fingerprint density at radius 3 is 2.84 bits per heavy atom. The lowest BCUT2D eigenvalue weighted by Crippen LogP contribution is -2.04. The Hall–Kier alpha value is -3.28. The third-order valence-corrected chi connectivity index (χ3v) is 4.40. The summed E-state index contributed by atoms with van der Waals surface area (Å²) in [5.74, 6) is -0.106. The SMILES string of the molecule is O=[N+]([O-])c1nccn1CCCc1cccc2ncc3ccccc3c12. The van der Waals surface area contributed by atoms with E-state index < -0.39 is 4.92 Å². The van der Waals surface area contributed by atoms with Crippen LogP contribution in [-0.2, 0) is 13.0 Å². The number of aromatic nitrogens is 3. The van der Waals surface area contributed by atoms with E-state index in [9.17, 15) is 10.1 Å². The van der Waals surface area contributed by atoms with Crippen molar-refractivity contribution in [3.63, 3.8) is 0 Å². The second-order valence-electron chi connectivity index (χ2n) is 5.94. The van der Waals surface area contributed by atoms with Crippen LogP contribution in [0.15, 0.2) is 61.1 Å². The zero-order valence-corrected chi connectivity index (χ0v) is 13.5. The van der Waals surface area contributed by atoms with Gasteiger partial charge in [0, 0.05) is 17.0 Å². The summed E-state index contributed by atoms with van der Waals surface area (Å²) in [5.41, 5.74) is 2.19. The molecule has 0 amide bonds. The number of fused-ring (bicyclic) bond motifs is 3. The first kappa shape index (κ1) is 15.3. The normalized spacial score (nSPS) is 11.2. The van der Waals surface area contributed by atoms with Crippen molar-refractivity contribution in [1.29, 1.82) is 0 Å². The maximum Gasteiger partial charge on any atom is 0.434 e. The molecular formula is C19H16N4O2. The third-order valence-electron chi connectivity index (χ3n) is 4.40. The van der Waals surface area contributed by atoms with E-state index in [0.29, 0.717) is 6.54 Å². The van der Waals surface area contributed by atoms with Crippen molar-refractivity contribution in [3.05, 3.63) is 76.7 Å². The van der Waals surface area contributed by atoms with Crippen LogP contribution in [0.1, 0.15) is 12.0 Å². The molecule has 2 aromatic heterocycles. The minimum atomic E-state index is -0.449. The van der Waals surface area contributed by atoms with Gasteiger partial charge in [0.15, 0.2) is 0 Å². The average molecular weight is 332 g/mol. The second kappa shape index (κ2) is 6.32. The first-order valence-corrected chi connectivity index (χ1v) is 8.15. The minimum absolute atomic E-state index is 0.106. The van der Waals surface area contributed by atoms with E-state index in [1.807, 2.05) is 30.5 Å². The molecule has 0 saturated carbocycles. The third kappa shape index (κ3) is 2.82. The standard InChI is InChI=1S/C19H16N4O2/c24-23(25)19-20-10-12-22(19)11-4-7-14-6-3-9-17-18(14)16-8-2-1-5-15(16)13-21-17/h1-3,5-6,8-10,12-13H,4,7,11H2. The Labute approximate surface area is 143 Å². The molecule has 0 spiro atoms. The molecule has 6 nitrogen and oxygen atoms in total. The fraction of sp³-hybridized carbons (Fsp3) is 0.158. The predicted molar refractivity (Wildman–Crippen MR) is 96.5 cm³/mol. The lowest BCUT2D eigenvalue weighted by Gasteiger charge is -2.09. The van der Waals surface area contributed by atoms with Gasteiger partial charge in [-0.3, -0.25) is 4.98 Å². The van der Waals surface area contributed by atoms with Crippen molar-refractivity contribution in [2.24, 2.45) is 0 Å². The smallest absolute Gasteiger partial charge is 0.390 e. The van der Waals surface area contributed by atoms with Crippen LogP contribution in [0.25, 0.3) is 21.7 Å². The maximum absolute atomic E-state index is 11.0. The number of rotatable bonds is 5. The van der Waals surface area contributed by atoms with Gasteiger partial charge in [0.1, 0.15) is 12.4 Å². The fourth-order valence-corrected chi connectivity index (χ4v) is 3.28. The van der Waals surface area contributed by atoms with E-state index in [1.165, 1.54) is 22.5 Å². The highest BCUT2D eigenvalue weighted by Crippen LogP contribution is 2.27. The second-order valence-corrected chi connectivity index (χ2v) is 5.94. The van der Waals surface area contributed by atoms with Crippen molar-refractivity contribution in [3.8, 4) is 0 Å². The molecule has 0 aliphatic rings. The van der Waals surface area contributed by atoms with Crippen molar-refractivity contribution in [1.82, 2.24) is 14.5 Å². The van der Waals surface area contributed by atoms with Gasteiger partial charge in [-0.1, -0.05) is 41.4 Å². The lowest BCUT2D eigenvalue weighted by molar-refractivity contribution is -0.396. The highest BCUT2D eigenvalue weighted by atomic mass is 16.6. The Balaban J connectivity index is 1.64. The van der Waals surface area contributed by atoms with Crippen molar-refractivity contribution in [2.75, 3.05) is 0 Å². The van der Waals surface area contributed by atoms with Crippen LogP contribution >= 0.6 is 0 Å². The molecule has 0 radical (unpaired) electrons. The molecule has 2 heterocycles. The maximum atomic E-state index is 11.0. The first-order valence-electron chi connectivity index (χ1n) is 8.15. The van der Waals surface area contributed by atoms with E-state index in [2.05, 4.69) is 28.2 Å². The first-order chi connectivity index (χ1) is 12.2. The van der Waals surface area contributed by atoms with Crippen LogP contribution in [-0.4, -0.2) is 19.5 Å². The van der Waals surface area contributed by atoms with Crippen molar-refractivity contribution < 1.29 is 4.92 Å². The molecule has 0 unspecified atom stereocenters. The van der Waals surface area contributed by atoms with Gasteiger partial charge in [0.05, 0.1) is 12.1 Å². The molecule has 4 aromatic rings. The van der Waals surface area contributed by atoms with E-state index >= 15 is 0 Å². The van der Waals surface area contributed by atoms with Crippen LogP contribution in [0, 0.1) is 10.1 Å². The molecule has 124 valence electrons. The molecular weight excluding hydrogens is 316 g/mol. The molecule has 6 heteroatoms. The van der Waals surface area contributed by atoms with Gasteiger partial charge >= 0.3 is 5.95 Å². The highest BCUT2D eigenvalue weighted by Gasteiger charge is 2.14. The minimum Gasteiger partial charge on any atom is -0.390 e. The monoisotopic (exact) mass is 332 g/mol. The number of nitro groups is 1. The number of hydrogen-bond acceptors (Lipinski definition) is 4. The summed E-state index contributed by atoms with van der Waals surface area (Å²) in [6.45, 7) is 0.560. The summed E-state index contributed by atoms with van der Waals surface area (Å²) in [6, 6.07) is 14.4. The molecule has 0 saturated heterocycles. The molecule has 0 aliphatic carbocycles. The predicted octanol–water partition coefficient (Wildman–Crippen LogP) is 4.13. The van der Waals surface area contributed by atoms with Gasteiger partial charge in [0.25, 0.3) is 0 Å². The van der Waals surface area contributed by atoms with Gasteiger partial charge < -0.3 is 10.1 Å². The quantitative estimate of drug-likeness (QED) is 0.313. The number of imidazole rings is 1. The van der Waals surface area contributed by atoms with Crippen molar-refractivity contribution in [2.45, 2.75) is 19.4 Å². The van der Waals surface area contributed by atoms with E-state index in [0.717, 1.165) is 23.7 Å².